The number of amides is 1. The number of aliphatic hydroxyl groups excluding tert-OH is 1. The van der Waals surface area contributed by atoms with Gasteiger partial charge in [-0.05, 0) is 17.5 Å². The third-order valence-corrected chi connectivity index (χ3v) is 4.84. The van der Waals surface area contributed by atoms with Gasteiger partial charge in [-0.25, -0.2) is 9.78 Å². The Kier molecular flexibility index (Phi) is 5.41. The Balaban J connectivity index is 1.84. The van der Waals surface area contributed by atoms with Gasteiger partial charge in [-0.2, -0.15) is 13.2 Å². The molecule has 0 spiro atoms. The van der Waals surface area contributed by atoms with Gasteiger partial charge in [-0.15, -0.1) is 0 Å². The maximum atomic E-state index is 13.3. The van der Waals surface area contributed by atoms with E-state index in [0.717, 1.165) is 15.7 Å². The topological polar surface area (TPSA) is 82.9 Å². The Morgan fingerprint density at radius 3 is 2.74 bits per heavy atom. The standard InChI is InChI=1S/C18H19F3N2O4/c19-18(20,21)14(10-24)15-9-12(6-8-23(15)17(25)26)27-16-13-4-2-1-3-11(13)5-7-22-16/h1-5,7,12,14-15,24H,6,8-10H2,(H,25,26)/t12?,14?,15-/m1/s1. The number of pyridine rings is 1. The maximum absolute atomic E-state index is 13.3. The van der Waals surface area contributed by atoms with E-state index in [4.69, 9.17) is 4.74 Å². The first-order valence-corrected chi connectivity index (χ1v) is 8.48. The summed E-state index contributed by atoms with van der Waals surface area (Å²) < 4.78 is 45.7. The minimum Gasteiger partial charge on any atom is -0.474 e. The van der Waals surface area contributed by atoms with Crippen LogP contribution in [0, 0.1) is 5.92 Å². The molecule has 1 aliphatic heterocycles. The first kappa shape index (κ1) is 19.2. The number of aromatic nitrogens is 1. The molecule has 1 fully saturated rings. The second-order valence-corrected chi connectivity index (χ2v) is 6.48. The molecule has 0 aliphatic carbocycles. The van der Waals surface area contributed by atoms with Crippen LogP contribution in [0.2, 0.25) is 0 Å². The molecule has 2 N–H and O–H groups in total. The molecule has 27 heavy (non-hydrogen) atoms. The van der Waals surface area contributed by atoms with Crippen molar-refractivity contribution in [3.05, 3.63) is 36.5 Å². The summed E-state index contributed by atoms with van der Waals surface area (Å²) in [7, 11) is 0. The molecule has 1 saturated heterocycles. The number of carboxylic acid groups (broad SMARTS) is 1. The van der Waals surface area contributed by atoms with Crippen molar-refractivity contribution < 1.29 is 32.9 Å². The lowest BCUT2D eigenvalue weighted by molar-refractivity contribution is -0.204. The maximum Gasteiger partial charge on any atom is 0.407 e. The summed E-state index contributed by atoms with van der Waals surface area (Å²) in [5.74, 6) is -1.87. The van der Waals surface area contributed by atoms with E-state index in [1.807, 2.05) is 12.1 Å². The van der Waals surface area contributed by atoms with E-state index in [9.17, 15) is 28.2 Å². The fraction of sp³-hybridized carbons (Fsp3) is 0.444. The van der Waals surface area contributed by atoms with E-state index in [0.29, 0.717) is 5.88 Å². The number of rotatable bonds is 4. The average molecular weight is 384 g/mol. The number of piperidine rings is 1. The van der Waals surface area contributed by atoms with Crippen LogP contribution in [0.1, 0.15) is 12.8 Å². The van der Waals surface area contributed by atoms with Gasteiger partial charge in [-0.1, -0.05) is 18.2 Å². The summed E-state index contributed by atoms with van der Waals surface area (Å²) >= 11 is 0. The smallest absolute Gasteiger partial charge is 0.407 e. The molecule has 9 heteroatoms. The van der Waals surface area contributed by atoms with Gasteiger partial charge in [0.05, 0.1) is 18.6 Å². The third-order valence-electron chi connectivity index (χ3n) is 4.84. The summed E-state index contributed by atoms with van der Waals surface area (Å²) in [6, 6.07) is 7.70. The molecule has 2 unspecified atom stereocenters. The van der Waals surface area contributed by atoms with Gasteiger partial charge in [0.2, 0.25) is 5.88 Å². The van der Waals surface area contributed by atoms with Gasteiger partial charge in [0, 0.05) is 31.0 Å². The first-order valence-electron chi connectivity index (χ1n) is 8.48. The Morgan fingerprint density at radius 2 is 2.07 bits per heavy atom. The normalized spacial score (nSPS) is 21.9. The van der Waals surface area contributed by atoms with Crippen molar-refractivity contribution in [2.75, 3.05) is 13.2 Å². The van der Waals surface area contributed by atoms with Gasteiger partial charge in [0.25, 0.3) is 0 Å². The molecule has 3 atom stereocenters. The minimum absolute atomic E-state index is 0.109. The van der Waals surface area contributed by atoms with Crippen molar-refractivity contribution >= 4 is 16.9 Å². The monoisotopic (exact) mass is 384 g/mol. The molecule has 6 nitrogen and oxygen atoms in total. The van der Waals surface area contributed by atoms with E-state index in [1.165, 1.54) is 0 Å². The van der Waals surface area contributed by atoms with Gasteiger partial charge >= 0.3 is 12.3 Å². The van der Waals surface area contributed by atoms with Crippen LogP contribution in [0.15, 0.2) is 36.5 Å². The number of halogens is 3. The Morgan fingerprint density at radius 1 is 1.33 bits per heavy atom. The van der Waals surface area contributed by atoms with Crippen LogP contribution in [0.3, 0.4) is 0 Å². The van der Waals surface area contributed by atoms with E-state index in [1.54, 1.807) is 24.4 Å². The number of fused-ring (bicyclic) bond motifs is 1. The largest absolute Gasteiger partial charge is 0.474 e. The molecule has 1 aromatic heterocycles. The zero-order valence-corrected chi connectivity index (χ0v) is 14.3. The van der Waals surface area contributed by atoms with Gasteiger partial charge in [-0.3, -0.25) is 0 Å². The molecule has 2 aromatic rings. The molecule has 2 heterocycles. The lowest BCUT2D eigenvalue weighted by Gasteiger charge is -2.41. The highest BCUT2D eigenvalue weighted by Gasteiger charge is 2.49. The van der Waals surface area contributed by atoms with Crippen molar-refractivity contribution in [1.82, 2.24) is 9.88 Å². The second-order valence-electron chi connectivity index (χ2n) is 6.48. The molecular formula is C18H19F3N2O4. The van der Waals surface area contributed by atoms with Gasteiger partial charge in [0.1, 0.15) is 6.10 Å². The highest BCUT2D eigenvalue weighted by Crippen LogP contribution is 2.36. The summed E-state index contributed by atoms with van der Waals surface area (Å²) in [4.78, 5) is 16.3. The molecule has 0 radical (unpaired) electrons. The highest BCUT2D eigenvalue weighted by molar-refractivity contribution is 5.86. The average Bonchev–Trinajstić information content (AvgIpc) is 2.61. The SMILES string of the molecule is O=C(O)N1CCC(Oc2nccc3ccccc23)C[C@@H]1C(CO)C(F)(F)F. The molecule has 0 saturated carbocycles. The Labute approximate surface area is 153 Å². The minimum atomic E-state index is -4.72. The van der Waals surface area contributed by atoms with Crippen LogP contribution in [0.25, 0.3) is 10.8 Å². The molecule has 1 aliphatic rings. The fourth-order valence-corrected chi connectivity index (χ4v) is 3.48. The van der Waals surface area contributed by atoms with Crippen LogP contribution in [-0.2, 0) is 0 Å². The van der Waals surface area contributed by atoms with Crippen molar-refractivity contribution in [3.63, 3.8) is 0 Å². The van der Waals surface area contributed by atoms with E-state index in [-0.39, 0.29) is 19.4 Å². The Hall–Kier alpha value is -2.55. The predicted octanol–water partition coefficient (Wildman–Crippen LogP) is 3.30. The van der Waals surface area contributed by atoms with Crippen LogP contribution in [0.4, 0.5) is 18.0 Å². The van der Waals surface area contributed by atoms with E-state index >= 15 is 0 Å². The predicted molar refractivity (Wildman–Crippen MR) is 90.5 cm³/mol. The first-order chi connectivity index (χ1) is 12.8. The third kappa shape index (κ3) is 4.08. The molecule has 1 amide bonds. The molecule has 0 bridgehead atoms. The number of ether oxygens (including phenoxy) is 1. The van der Waals surface area contributed by atoms with Gasteiger partial charge in [0.15, 0.2) is 0 Å². The number of alkyl halides is 3. The summed E-state index contributed by atoms with van der Waals surface area (Å²) in [5.41, 5.74) is 0. The van der Waals surface area contributed by atoms with Crippen LogP contribution >= 0.6 is 0 Å². The second kappa shape index (κ2) is 7.59. The summed E-state index contributed by atoms with van der Waals surface area (Å²) in [6.07, 6.45) is -5.18. The highest BCUT2D eigenvalue weighted by atomic mass is 19.4. The number of nitrogens with zero attached hydrogens (tertiary/aromatic N) is 2. The van der Waals surface area contributed by atoms with E-state index < -0.39 is 36.9 Å². The number of benzene rings is 1. The quantitative estimate of drug-likeness (QED) is 0.845. The summed E-state index contributed by atoms with van der Waals surface area (Å²) in [6.45, 7) is -1.29. The van der Waals surface area contributed by atoms with Crippen LogP contribution in [0.5, 0.6) is 5.88 Å². The molecule has 146 valence electrons. The lowest BCUT2D eigenvalue weighted by atomic mass is 9.89. The molecule has 3 rings (SSSR count). The van der Waals surface area contributed by atoms with Crippen molar-refractivity contribution in [3.8, 4) is 5.88 Å². The fourth-order valence-electron chi connectivity index (χ4n) is 3.48. The zero-order valence-electron chi connectivity index (χ0n) is 14.3. The van der Waals surface area contributed by atoms with E-state index in [2.05, 4.69) is 4.98 Å². The number of likely N-dealkylation sites (tertiary alicyclic amines) is 1. The number of hydrogen-bond donors (Lipinski definition) is 2. The van der Waals surface area contributed by atoms with Crippen molar-refractivity contribution in [2.45, 2.75) is 31.2 Å². The zero-order chi connectivity index (χ0) is 19.6. The molecule has 1 aromatic carbocycles. The number of aliphatic hydroxyl groups is 1. The van der Waals surface area contributed by atoms with Crippen molar-refractivity contribution in [1.29, 1.82) is 0 Å². The number of hydrogen-bond acceptors (Lipinski definition) is 4. The molecular weight excluding hydrogens is 365 g/mol. The van der Waals surface area contributed by atoms with Crippen molar-refractivity contribution in [2.24, 2.45) is 5.92 Å². The lowest BCUT2D eigenvalue weighted by Crippen LogP contribution is -2.55. The van der Waals surface area contributed by atoms with Crippen LogP contribution < -0.4 is 4.74 Å². The van der Waals surface area contributed by atoms with Gasteiger partial charge < -0.3 is 19.8 Å². The van der Waals surface area contributed by atoms with Crippen LogP contribution in [-0.4, -0.2) is 57.7 Å². The summed E-state index contributed by atoms with van der Waals surface area (Å²) in [5, 5.41) is 20.1. The Bertz CT molecular complexity index is 809. The number of carbonyl (C=O) groups is 1.